The standard InChI is InChI=1S/C23H24N2O5/c1-27-17-7-5-16(6-8-17)25-19-9-14(10-20(26)18(19)13-24-25)15-11-21(28-2)23(30-4)22(12-15)29-3/h5-8,11-14H,9-10H2,1-4H3. The Morgan fingerprint density at radius 2 is 1.57 bits per heavy atom. The number of ketones is 1. The normalized spacial score (nSPS) is 15.5. The van der Waals surface area contributed by atoms with Crippen LogP contribution in [0.25, 0.3) is 5.69 Å². The number of hydrogen-bond donors (Lipinski definition) is 0. The smallest absolute Gasteiger partial charge is 0.203 e. The summed E-state index contributed by atoms with van der Waals surface area (Å²) in [5.41, 5.74) is 3.42. The summed E-state index contributed by atoms with van der Waals surface area (Å²) in [6.07, 6.45) is 2.74. The van der Waals surface area contributed by atoms with Crippen LogP contribution in [0.2, 0.25) is 0 Å². The van der Waals surface area contributed by atoms with Gasteiger partial charge in [0.25, 0.3) is 0 Å². The predicted molar refractivity (Wildman–Crippen MR) is 112 cm³/mol. The lowest BCUT2D eigenvalue weighted by molar-refractivity contribution is 0.0963. The molecule has 0 saturated carbocycles. The summed E-state index contributed by atoms with van der Waals surface area (Å²) in [5.74, 6) is 2.52. The van der Waals surface area contributed by atoms with Gasteiger partial charge in [0.15, 0.2) is 17.3 Å². The van der Waals surface area contributed by atoms with E-state index < -0.39 is 0 Å². The van der Waals surface area contributed by atoms with Gasteiger partial charge in [-0.15, -0.1) is 0 Å². The zero-order chi connectivity index (χ0) is 21.3. The Kier molecular flexibility index (Phi) is 5.35. The van der Waals surface area contributed by atoms with Crippen LogP contribution in [0.4, 0.5) is 0 Å². The van der Waals surface area contributed by atoms with Crippen LogP contribution in [0.15, 0.2) is 42.6 Å². The molecule has 0 saturated heterocycles. The lowest BCUT2D eigenvalue weighted by Gasteiger charge is -2.24. The minimum Gasteiger partial charge on any atom is -0.497 e. The van der Waals surface area contributed by atoms with E-state index in [1.807, 2.05) is 41.1 Å². The second-order valence-electron chi connectivity index (χ2n) is 7.10. The highest BCUT2D eigenvalue weighted by molar-refractivity contribution is 5.98. The number of carbonyl (C=O) groups excluding carboxylic acids is 1. The van der Waals surface area contributed by atoms with Crippen LogP contribution >= 0.6 is 0 Å². The number of fused-ring (bicyclic) bond motifs is 1. The highest BCUT2D eigenvalue weighted by Crippen LogP contribution is 2.43. The van der Waals surface area contributed by atoms with Gasteiger partial charge in [-0.25, -0.2) is 4.68 Å². The molecule has 1 aliphatic rings. The predicted octanol–water partition coefficient (Wildman–Crippen LogP) is 3.82. The number of carbonyl (C=O) groups is 1. The lowest BCUT2D eigenvalue weighted by Crippen LogP contribution is -2.20. The number of ether oxygens (including phenoxy) is 4. The molecular formula is C23H24N2O5. The van der Waals surface area contributed by atoms with Crippen LogP contribution < -0.4 is 18.9 Å². The van der Waals surface area contributed by atoms with Gasteiger partial charge < -0.3 is 18.9 Å². The quantitative estimate of drug-likeness (QED) is 0.618. The first-order valence-electron chi connectivity index (χ1n) is 9.64. The summed E-state index contributed by atoms with van der Waals surface area (Å²) in [4.78, 5) is 12.9. The van der Waals surface area contributed by atoms with Crippen LogP contribution in [0.3, 0.4) is 0 Å². The molecule has 1 aromatic heterocycles. The molecule has 7 heteroatoms. The van der Waals surface area contributed by atoms with E-state index in [9.17, 15) is 4.79 Å². The van der Waals surface area contributed by atoms with Crippen molar-refractivity contribution in [3.63, 3.8) is 0 Å². The Morgan fingerprint density at radius 1 is 0.900 bits per heavy atom. The van der Waals surface area contributed by atoms with Crippen molar-refractivity contribution >= 4 is 5.78 Å². The molecule has 0 aliphatic heterocycles. The van der Waals surface area contributed by atoms with Gasteiger partial charge in [-0.3, -0.25) is 4.79 Å². The Morgan fingerprint density at radius 3 is 2.13 bits per heavy atom. The summed E-state index contributed by atoms with van der Waals surface area (Å²) in [6.45, 7) is 0. The Balaban J connectivity index is 1.73. The molecule has 156 valence electrons. The van der Waals surface area contributed by atoms with Crippen molar-refractivity contribution in [2.45, 2.75) is 18.8 Å². The Bertz CT molecular complexity index is 1050. The summed E-state index contributed by atoms with van der Waals surface area (Å²) >= 11 is 0. The molecule has 0 fully saturated rings. The Labute approximate surface area is 175 Å². The Hall–Kier alpha value is -3.48. The second-order valence-corrected chi connectivity index (χ2v) is 7.10. The number of hydrogen-bond acceptors (Lipinski definition) is 6. The van der Waals surface area contributed by atoms with Gasteiger partial charge in [-0.2, -0.15) is 5.10 Å². The molecule has 1 unspecified atom stereocenters. The average Bonchev–Trinajstić information content (AvgIpc) is 3.22. The maximum absolute atomic E-state index is 12.9. The van der Waals surface area contributed by atoms with E-state index in [0.29, 0.717) is 35.7 Å². The molecule has 7 nitrogen and oxygen atoms in total. The number of rotatable bonds is 6. The summed E-state index contributed by atoms with van der Waals surface area (Å²) in [5, 5.41) is 4.48. The van der Waals surface area contributed by atoms with Crippen molar-refractivity contribution < 1.29 is 23.7 Å². The molecule has 1 heterocycles. The maximum Gasteiger partial charge on any atom is 0.203 e. The van der Waals surface area contributed by atoms with Crippen molar-refractivity contribution in [1.82, 2.24) is 9.78 Å². The van der Waals surface area contributed by atoms with Crippen molar-refractivity contribution in [1.29, 1.82) is 0 Å². The minimum absolute atomic E-state index is 0.0209. The first-order chi connectivity index (χ1) is 14.6. The van der Waals surface area contributed by atoms with Crippen LogP contribution in [0, 0.1) is 0 Å². The number of aromatic nitrogens is 2. The molecule has 0 radical (unpaired) electrons. The molecule has 0 spiro atoms. The monoisotopic (exact) mass is 408 g/mol. The van der Waals surface area contributed by atoms with Crippen molar-refractivity contribution in [3.05, 3.63) is 59.4 Å². The van der Waals surface area contributed by atoms with Gasteiger partial charge in [-0.05, 0) is 54.3 Å². The molecule has 3 aromatic rings. The molecule has 4 rings (SSSR count). The highest BCUT2D eigenvalue weighted by atomic mass is 16.5. The van der Waals surface area contributed by atoms with E-state index in [2.05, 4.69) is 5.10 Å². The van der Waals surface area contributed by atoms with Gasteiger partial charge >= 0.3 is 0 Å². The zero-order valence-electron chi connectivity index (χ0n) is 17.5. The number of nitrogens with zero attached hydrogens (tertiary/aromatic N) is 2. The summed E-state index contributed by atoms with van der Waals surface area (Å²) in [6, 6.07) is 11.4. The van der Waals surface area contributed by atoms with Crippen LogP contribution in [-0.2, 0) is 6.42 Å². The van der Waals surface area contributed by atoms with Crippen LogP contribution in [0.5, 0.6) is 23.0 Å². The number of benzene rings is 2. The van der Waals surface area contributed by atoms with E-state index in [1.54, 1.807) is 34.6 Å². The molecule has 0 bridgehead atoms. The van der Waals surface area contributed by atoms with Gasteiger partial charge in [0, 0.05) is 6.42 Å². The first-order valence-corrected chi connectivity index (χ1v) is 9.64. The molecule has 0 N–H and O–H groups in total. The minimum atomic E-state index is -0.0209. The fourth-order valence-corrected chi connectivity index (χ4v) is 3.96. The molecule has 0 amide bonds. The van der Waals surface area contributed by atoms with Gasteiger partial charge in [0.2, 0.25) is 5.75 Å². The number of methoxy groups -OCH3 is 4. The van der Waals surface area contributed by atoms with E-state index in [4.69, 9.17) is 18.9 Å². The van der Waals surface area contributed by atoms with Gasteiger partial charge in [0.1, 0.15) is 5.75 Å². The number of Topliss-reactive ketones (excluding diaryl/α,β-unsaturated/α-hetero) is 1. The summed E-state index contributed by atoms with van der Waals surface area (Å²) < 4.78 is 23.5. The average molecular weight is 408 g/mol. The third kappa shape index (κ3) is 3.36. The largest absolute Gasteiger partial charge is 0.497 e. The molecular weight excluding hydrogens is 384 g/mol. The molecule has 2 aromatic carbocycles. The maximum atomic E-state index is 12.9. The topological polar surface area (TPSA) is 71.8 Å². The van der Waals surface area contributed by atoms with Crippen molar-refractivity contribution in [3.8, 4) is 28.7 Å². The van der Waals surface area contributed by atoms with Gasteiger partial charge in [0.05, 0.1) is 51.6 Å². The highest BCUT2D eigenvalue weighted by Gasteiger charge is 2.31. The van der Waals surface area contributed by atoms with E-state index >= 15 is 0 Å². The van der Waals surface area contributed by atoms with Crippen molar-refractivity contribution in [2.75, 3.05) is 28.4 Å². The summed E-state index contributed by atoms with van der Waals surface area (Å²) in [7, 11) is 6.38. The van der Waals surface area contributed by atoms with E-state index in [1.165, 1.54) is 0 Å². The SMILES string of the molecule is COc1ccc(-n2ncc3c2CC(c2cc(OC)c(OC)c(OC)c2)CC3=O)cc1. The first kappa shape index (κ1) is 19.8. The van der Waals surface area contributed by atoms with Crippen molar-refractivity contribution in [2.24, 2.45) is 0 Å². The second kappa shape index (κ2) is 8.10. The molecule has 1 atom stereocenters. The van der Waals surface area contributed by atoms with Crippen LogP contribution in [-0.4, -0.2) is 44.0 Å². The molecule has 1 aliphatic carbocycles. The van der Waals surface area contributed by atoms with E-state index in [-0.39, 0.29) is 11.7 Å². The fraction of sp³-hybridized carbons (Fsp3) is 0.304. The third-order valence-electron chi connectivity index (χ3n) is 5.52. The molecule has 30 heavy (non-hydrogen) atoms. The van der Waals surface area contributed by atoms with E-state index in [0.717, 1.165) is 22.7 Å². The van der Waals surface area contributed by atoms with Gasteiger partial charge in [-0.1, -0.05) is 0 Å². The van der Waals surface area contributed by atoms with Crippen LogP contribution in [0.1, 0.15) is 34.0 Å². The zero-order valence-corrected chi connectivity index (χ0v) is 17.5. The lowest BCUT2D eigenvalue weighted by atomic mass is 9.82. The third-order valence-corrected chi connectivity index (χ3v) is 5.52. The fourth-order valence-electron chi connectivity index (χ4n) is 3.96.